The number of likely N-dealkylation sites (tertiary alicyclic amines) is 1. The van der Waals surface area contributed by atoms with Gasteiger partial charge in [0.25, 0.3) is 0 Å². The molecule has 2 aliphatic heterocycles. The first-order valence-corrected chi connectivity index (χ1v) is 10.4. The maximum atomic E-state index is 12.4. The third-order valence-electron chi connectivity index (χ3n) is 5.31. The van der Waals surface area contributed by atoms with Crippen LogP contribution in [0.5, 0.6) is 11.5 Å². The largest absolute Gasteiger partial charge is 0.454 e. The quantitative estimate of drug-likeness (QED) is 0.635. The van der Waals surface area contributed by atoms with Crippen molar-refractivity contribution >= 4 is 17.5 Å². The predicted octanol–water partition coefficient (Wildman–Crippen LogP) is 3.13. The molecule has 1 aromatic rings. The first kappa shape index (κ1) is 21.2. The van der Waals surface area contributed by atoms with Gasteiger partial charge in [-0.2, -0.15) is 0 Å². The lowest BCUT2D eigenvalue weighted by Gasteiger charge is -2.35. The Labute approximate surface area is 173 Å². The summed E-state index contributed by atoms with van der Waals surface area (Å²) in [6.07, 6.45) is 2.56. The molecule has 156 valence electrons. The number of carbonyl (C=O) groups excluding carboxylic acids is 1. The molecule has 0 bridgehead atoms. The second-order valence-electron chi connectivity index (χ2n) is 8.88. The summed E-state index contributed by atoms with van der Waals surface area (Å²) < 4.78 is 10.8. The van der Waals surface area contributed by atoms with Gasteiger partial charge in [0.05, 0.1) is 0 Å². The molecule has 1 atom stereocenters. The molecule has 0 spiro atoms. The zero-order valence-electron chi connectivity index (χ0n) is 17.4. The lowest BCUT2D eigenvalue weighted by molar-refractivity contribution is -0.130. The molecule has 1 fully saturated rings. The summed E-state index contributed by atoms with van der Waals surface area (Å²) in [7, 11) is 4.16. The van der Waals surface area contributed by atoms with E-state index in [0.717, 1.165) is 43.8 Å². The number of ether oxygens (including phenoxy) is 2. The molecule has 6 nitrogen and oxygen atoms in total. The van der Waals surface area contributed by atoms with E-state index in [-0.39, 0.29) is 18.1 Å². The molecule has 1 amide bonds. The van der Waals surface area contributed by atoms with Crippen molar-refractivity contribution in [3.05, 3.63) is 22.7 Å². The first-order valence-electron chi connectivity index (χ1n) is 9.98. The lowest BCUT2D eigenvalue weighted by atomic mass is 9.91. The number of amides is 1. The molecule has 7 heteroatoms. The van der Waals surface area contributed by atoms with Gasteiger partial charge in [0.2, 0.25) is 12.7 Å². The maximum Gasteiger partial charge on any atom is 0.231 e. The molecular weight excluding hydrogens is 378 g/mol. The van der Waals surface area contributed by atoms with Crippen LogP contribution in [0.1, 0.15) is 38.7 Å². The fraction of sp³-hybridized carbons (Fsp3) is 0.667. The topological polar surface area (TPSA) is 54.0 Å². The lowest BCUT2D eigenvalue weighted by Crippen LogP contribution is -2.44. The molecule has 2 aliphatic rings. The number of rotatable bonds is 9. The monoisotopic (exact) mass is 409 g/mol. The van der Waals surface area contributed by atoms with Gasteiger partial charge >= 0.3 is 0 Å². The third kappa shape index (κ3) is 5.31. The zero-order chi connectivity index (χ0) is 20.3. The van der Waals surface area contributed by atoms with Crippen molar-refractivity contribution in [3.63, 3.8) is 0 Å². The van der Waals surface area contributed by atoms with E-state index in [1.165, 1.54) is 0 Å². The van der Waals surface area contributed by atoms with E-state index in [1.807, 2.05) is 12.1 Å². The minimum atomic E-state index is 0.0786. The number of halogens is 1. The zero-order valence-corrected chi connectivity index (χ0v) is 18.1. The van der Waals surface area contributed by atoms with Crippen LogP contribution >= 0.6 is 11.6 Å². The van der Waals surface area contributed by atoms with Crippen molar-refractivity contribution in [2.45, 2.75) is 45.7 Å². The van der Waals surface area contributed by atoms with Crippen LogP contribution in [0, 0.1) is 5.41 Å². The Morgan fingerprint density at radius 3 is 2.71 bits per heavy atom. The maximum absolute atomic E-state index is 12.4. The smallest absolute Gasteiger partial charge is 0.231 e. The Hall–Kier alpha value is -1.50. The van der Waals surface area contributed by atoms with Gasteiger partial charge in [-0.05, 0) is 50.5 Å². The summed E-state index contributed by atoms with van der Waals surface area (Å²) >= 11 is 6.34. The van der Waals surface area contributed by atoms with Crippen LogP contribution in [0.3, 0.4) is 0 Å². The fourth-order valence-corrected chi connectivity index (χ4v) is 4.48. The highest BCUT2D eigenvalue weighted by Gasteiger charge is 2.34. The standard InChI is InChI=1S/C21H32ClN3O3/c1-21(2,12-24(3)4)13-25-16(5-6-20(25)26)7-8-23-11-15-9-18-19(10-17(15)22)28-14-27-18/h9-10,16,23H,5-8,11-14H2,1-4H3/t16-/m0/s1. The highest BCUT2D eigenvalue weighted by molar-refractivity contribution is 6.31. The summed E-state index contributed by atoms with van der Waals surface area (Å²) in [5.74, 6) is 1.74. The third-order valence-corrected chi connectivity index (χ3v) is 5.66. The number of fused-ring (bicyclic) bond motifs is 1. The van der Waals surface area contributed by atoms with E-state index in [1.54, 1.807) is 0 Å². The summed E-state index contributed by atoms with van der Waals surface area (Å²) in [5, 5.41) is 4.14. The average Bonchev–Trinajstić information content (AvgIpc) is 3.17. The van der Waals surface area contributed by atoms with Gasteiger partial charge in [-0.3, -0.25) is 4.79 Å². The van der Waals surface area contributed by atoms with E-state index in [2.05, 4.69) is 43.1 Å². The normalized spacial score (nSPS) is 19.1. The molecule has 0 aromatic heterocycles. The SMILES string of the molecule is CN(C)CC(C)(C)CN1C(=O)CC[C@H]1CCNCc1cc2c(cc1Cl)OCO2. The number of carbonyl (C=O) groups is 1. The summed E-state index contributed by atoms with van der Waals surface area (Å²) in [4.78, 5) is 16.7. The highest BCUT2D eigenvalue weighted by Crippen LogP contribution is 2.36. The van der Waals surface area contributed by atoms with Gasteiger partial charge in [-0.25, -0.2) is 0 Å². The molecule has 1 N–H and O–H groups in total. The second-order valence-corrected chi connectivity index (χ2v) is 9.29. The van der Waals surface area contributed by atoms with Crippen LogP contribution in [-0.2, 0) is 11.3 Å². The number of hydrogen-bond donors (Lipinski definition) is 1. The van der Waals surface area contributed by atoms with Crippen molar-refractivity contribution in [1.29, 1.82) is 0 Å². The molecule has 1 aromatic carbocycles. The molecule has 0 saturated carbocycles. The molecule has 3 rings (SSSR count). The number of nitrogens with one attached hydrogen (secondary N) is 1. The Bertz CT molecular complexity index is 708. The predicted molar refractivity (Wildman–Crippen MR) is 111 cm³/mol. The van der Waals surface area contributed by atoms with E-state index < -0.39 is 0 Å². The Morgan fingerprint density at radius 2 is 2.00 bits per heavy atom. The second kappa shape index (κ2) is 8.89. The van der Waals surface area contributed by atoms with E-state index in [0.29, 0.717) is 29.8 Å². The minimum Gasteiger partial charge on any atom is -0.454 e. The Balaban J connectivity index is 1.49. The van der Waals surface area contributed by atoms with Crippen LogP contribution in [0.25, 0.3) is 0 Å². The van der Waals surface area contributed by atoms with Crippen molar-refractivity contribution < 1.29 is 14.3 Å². The number of benzene rings is 1. The molecule has 1 saturated heterocycles. The van der Waals surface area contributed by atoms with Crippen LogP contribution in [0.2, 0.25) is 5.02 Å². The van der Waals surface area contributed by atoms with Crippen molar-refractivity contribution in [1.82, 2.24) is 15.1 Å². The summed E-state index contributed by atoms with van der Waals surface area (Å²) in [6.45, 7) is 7.99. The van der Waals surface area contributed by atoms with Gasteiger partial charge in [0.1, 0.15) is 0 Å². The molecule has 28 heavy (non-hydrogen) atoms. The highest BCUT2D eigenvalue weighted by atomic mass is 35.5. The molecule has 0 unspecified atom stereocenters. The molecule has 0 aliphatic carbocycles. The summed E-state index contributed by atoms with van der Waals surface area (Å²) in [5.41, 5.74) is 1.08. The van der Waals surface area contributed by atoms with Crippen molar-refractivity contribution in [2.75, 3.05) is 40.5 Å². The van der Waals surface area contributed by atoms with Gasteiger partial charge < -0.3 is 24.6 Å². The van der Waals surface area contributed by atoms with Crippen LogP contribution < -0.4 is 14.8 Å². The van der Waals surface area contributed by atoms with Gasteiger partial charge in [0, 0.05) is 43.2 Å². The van der Waals surface area contributed by atoms with Crippen molar-refractivity contribution in [3.8, 4) is 11.5 Å². The van der Waals surface area contributed by atoms with Crippen LogP contribution in [-0.4, -0.2) is 62.3 Å². The number of hydrogen-bond acceptors (Lipinski definition) is 5. The first-order chi connectivity index (χ1) is 13.2. The van der Waals surface area contributed by atoms with Crippen molar-refractivity contribution in [2.24, 2.45) is 5.41 Å². The fourth-order valence-electron chi connectivity index (χ4n) is 4.26. The Kier molecular flexibility index (Phi) is 6.73. The van der Waals surface area contributed by atoms with Gasteiger partial charge in [-0.1, -0.05) is 25.4 Å². The average molecular weight is 410 g/mol. The molecular formula is C21H32ClN3O3. The van der Waals surface area contributed by atoms with Gasteiger partial charge in [0.15, 0.2) is 11.5 Å². The molecule has 0 radical (unpaired) electrons. The minimum absolute atomic E-state index is 0.0786. The van der Waals surface area contributed by atoms with E-state index in [9.17, 15) is 4.79 Å². The summed E-state index contributed by atoms with van der Waals surface area (Å²) in [6, 6.07) is 4.06. The van der Waals surface area contributed by atoms with E-state index >= 15 is 0 Å². The van der Waals surface area contributed by atoms with E-state index in [4.69, 9.17) is 21.1 Å². The molecule has 2 heterocycles. The number of nitrogens with zero attached hydrogens (tertiary/aromatic N) is 2. The van der Waals surface area contributed by atoms with Gasteiger partial charge in [-0.15, -0.1) is 0 Å². The van der Waals surface area contributed by atoms with Crippen LogP contribution in [0.4, 0.5) is 0 Å². The Morgan fingerprint density at radius 1 is 1.29 bits per heavy atom. The van der Waals surface area contributed by atoms with Crippen LogP contribution in [0.15, 0.2) is 12.1 Å².